The third kappa shape index (κ3) is 9.80. The Labute approximate surface area is 223 Å². The quantitative estimate of drug-likeness (QED) is 0.229. The maximum Gasteiger partial charge on any atom is 0.185 e. The van der Waals surface area contributed by atoms with Gasteiger partial charge in [-0.05, 0) is 47.7 Å². The molecule has 0 unspecified atom stereocenters. The van der Waals surface area contributed by atoms with Crippen LogP contribution in [-0.2, 0) is 31.8 Å². The van der Waals surface area contributed by atoms with E-state index < -0.39 is 0 Å². The predicted octanol–water partition coefficient (Wildman–Crippen LogP) is 4.00. The molecule has 0 atom stereocenters. The summed E-state index contributed by atoms with van der Waals surface area (Å²) in [5.74, 6) is 0. The first kappa shape index (κ1) is 29.2. The third-order valence-electron chi connectivity index (χ3n) is 6.78. The Hall–Kier alpha value is -2.35. The molecule has 0 amide bonds. The summed E-state index contributed by atoms with van der Waals surface area (Å²) in [6.45, 7) is 12.1. The van der Waals surface area contributed by atoms with E-state index in [2.05, 4.69) is 65.0 Å². The lowest BCUT2D eigenvalue weighted by Crippen LogP contribution is -2.33. The second kappa shape index (κ2) is 17.2. The molecule has 202 valence electrons. The highest BCUT2D eigenvalue weighted by Gasteiger charge is 2.24. The lowest BCUT2D eigenvalue weighted by Gasteiger charge is -2.18. The zero-order valence-electron chi connectivity index (χ0n) is 22.8. The van der Waals surface area contributed by atoms with Crippen molar-refractivity contribution in [2.24, 2.45) is 0 Å². The zero-order valence-corrected chi connectivity index (χ0v) is 22.8. The van der Waals surface area contributed by atoms with Gasteiger partial charge in [-0.2, -0.15) is 0 Å². The molecule has 3 rings (SSSR count). The molecular formula is C31H45N2O4+. The van der Waals surface area contributed by atoms with E-state index in [-0.39, 0.29) is 0 Å². The average molecular weight is 510 g/mol. The van der Waals surface area contributed by atoms with Crippen LogP contribution in [0.25, 0.3) is 5.57 Å². The summed E-state index contributed by atoms with van der Waals surface area (Å²) >= 11 is 0. The van der Waals surface area contributed by atoms with Crippen LogP contribution in [0.15, 0.2) is 55.1 Å². The van der Waals surface area contributed by atoms with Crippen molar-refractivity contribution in [1.82, 2.24) is 5.32 Å². The minimum atomic E-state index is 0.595. The van der Waals surface area contributed by atoms with E-state index in [1.54, 1.807) is 14.2 Å². The Morgan fingerprint density at radius 1 is 0.838 bits per heavy atom. The first-order valence-electron chi connectivity index (χ1n) is 13.5. The molecule has 6 heteroatoms. The van der Waals surface area contributed by atoms with Crippen molar-refractivity contribution in [3.05, 3.63) is 77.4 Å². The maximum absolute atomic E-state index is 5.95. The third-order valence-corrected chi connectivity index (χ3v) is 6.78. The van der Waals surface area contributed by atoms with Crippen molar-refractivity contribution in [3.8, 4) is 0 Å². The molecule has 1 N–H and O–H groups in total. The molecule has 0 radical (unpaired) electrons. The van der Waals surface area contributed by atoms with E-state index in [1.807, 2.05) is 0 Å². The smallest absolute Gasteiger partial charge is 0.185 e. The van der Waals surface area contributed by atoms with Crippen molar-refractivity contribution < 1.29 is 23.5 Å². The number of nitrogens with zero attached hydrogens (tertiary/aromatic N) is 1. The number of methoxy groups -OCH3 is 2. The molecule has 1 aliphatic rings. The van der Waals surface area contributed by atoms with E-state index in [0.29, 0.717) is 26.4 Å². The van der Waals surface area contributed by atoms with Crippen LogP contribution in [0, 0.1) is 0 Å². The van der Waals surface area contributed by atoms with Crippen LogP contribution in [-0.4, -0.2) is 90.3 Å². The van der Waals surface area contributed by atoms with Crippen molar-refractivity contribution >= 4 is 11.3 Å². The van der Waals surface area contributed by atoms with Crippen LogP contribution in [0.1, 0.15) is 35.1 Å². The molecule has 0 aliphatic carbocycles. The fourth-order valence-electron chi connectivity index (χ4n) is 4.75. The highest BCUT2D eigenvalue weighted by molar-refractivity contribution is 5.98. The van der Waals surface area contributed by atoms with Crippen LogP contribution in [0.5, 0.6) is 0 Å². The Bertz CT molecular complexity index is 989. The molecule has 0 spiro atoms. The van der Waals surface area contributed by atoms with E-state index in [9.17, 15) is 0 Å². The van der Waals surface area contributed by atoms with Crippen molar-refractivity contribution in [2.45, 2.75) is 25.7 Å². The predicted molar refractivity (Wildman–Crippen MR) is 151 cm³/mol. The van der Waals surface area contributed by atoms with Gasteiger partial charge in [0, 0.05) is 32.7 Å². The van der Waals surface area contributed by atoms with Gasteiger partial charge in [-0.3, -0.25) is 0 Å². The van der Waals surface area contributed by atoms with Gasteiger partial charge in [0.1, 0.15) is 13.2 Å². The largest absolute Gasteiger partial charge is 0.383 e. The molecule has 37 heavy (non-hydrogen) atoms. The molecule has 1 aliphatic heterocycles. The normalized spacial score (nSPS) is 13.1. The number of rotatable bonds is 19. The summed E-state index contributed by atoms with van der Waals surface area (Å²) < 4.78 is 24.7. The molecule has 2 aromatic carbocycles. The summed E-state index contributed by atoms with van der Waals surface area (Å²) in [7, 11) is 3.49. The van der Waals surface area contributed by atoms with Gasteiger partial charge in [-0.1, -0.05) is 49.0 Å². The van der Waals surface area contributed by atoms with Crippen LogP contribution in [0.4, 0.5) is 0 Å². The highest BCUT2D eigenvalue weighted by Crippen LogP contribution is 2.21. The fraction of sp³-hybridized carbons (Fsp3) is 0.516. The number of hydrogen-bond acceptors (Lipinski definition) is 5. The van der Waals surface area contributed by atoms with E-state index >= 15 is 0 Å². The number of benzene rings is 2. The van der Waals surface area contributed by atoms with Gasteiger partial charge in [0.15, 0.2) is 12.3 Å². The molecule has 0 bridgehead atoms. The van der Waals surface area contributed by atoms with Crippen molar-refractivity contribution in [1.29, 1.82) is 0 Å². The molecule has 0 aromatic heterocycles. The van der Waals surface area contributed by atoms with Crippen LogP contribution in [0.2, 0.25) is 0 Å². The van der Waals surface area contributed by atoms with Gasteiger partial charge in [0.2, 0.25) is 0 Å². The number of fused-ring (bicyclic) bond motifs is 1. The van der Waals surface area contributed by atoms with Gasteiger partial charge < -0.3 is 24.3 Å². The van der Waals surface area contributed by atoms with Gasteiger partial charge >= 0.3 is 0 Å². The Morgan fingerprint density at radius 3 is 2.43 bits per heavy atom. The monoisotopic (exact) mass is 509 g/mol. The van der Waals surface area contributed by atoms with Gasteiger partial charge in [0.05, 0.1) is 39.5 Å². The van der Waals surface area contributed by atoms with Crippen molar-refractivity contribution in [3.63, 3.8) is 0 Å². The highest BCUT2D eigenvalue weighted by atomic mass is 16.5. The van der Waals surface area contributed by atoms with Gasteiger partial charge in [-0.15, -0.1) is 0 Å². The van der Waals surface area contributed by atoms with Gasteiger partial charge in [-0.25, -0.2) is 4.58 Å². The molecule has 0 saturated heterocycles. The minimum absolute atomic E-state index is 0.595. The summed E-state index contributed by atoms with van der Waals surface area (Å²) in [6, 6.07) is 17.2. The maximum atomic E-state index is 5.95. The second-order valence-electron chi connectivity index (χ2n) is 9.31. The van der Waals surface area contributed by atoms with Crippen LogP contribution < -0.4 is 5.32 Å². The molecule has 2 aromatic rings. The molecule has 0 fully saturated rings. The average Bonchev–Trinajstić information content (AvgIpc) is 2.93. The van der Waals surface area contributed by atoms with Crippen LogP contribution >= 0.6 is 0 Å². The van der Waals surface area contributed by atoms with E-state index in [0.717, 1.165) is 70.6 Å². The van der Waals surface area contributed by atoms with Crippen LogP contribution in [0.3, 0.4) is 0 Å². The summed E-state index contributed by atoms with van der Waals surface area (Å²) in [5.41, 5.74) is 7.83. The molecule has 1 heterocycles. The molecular weight excluding hydrogens is 464 g/mol. The Balaban J connectivity index is 1.35. The SMILES string of the molecule is C=C(CCOCCOCCC1=[N+](CCOC)CCc2ccccc21)c1ccccc1CCNCCOC. The standard InChI is InChI=1S/C31H45N2O4/c1-26(29-10-6-4-8-27(29)12-16-32-17-22-34-2)14-20-36-24-25-37-21-15-31-30-11-7-5-9-28(30)13-18-33(31)19-23-35-3/h4-11,32H,1,12-25H2,2-3H3/q+1. The molecule has 6 nitrogen and oxygen atoms in total. The first-order valence-corrected chi connectivity index (χ1v) is 13.5. The zero-order chi connectivity index (χ0) is 26.1. The first-order chi connectivity index (χ1) is 18.2. The summed E-state index contributed by atoms with van der Waals surface area (Å²) in [4.78, 5) is 0. The summed E-state index contributed by atoms with van der Waals surface area (Å²) in [6.07, 6.45) is 3.77. The lowest BCUT2D eigenvalue weighted by atomic mass is 9.95. The van der Waals surface area contributed by atoms with Crippen molar-refractivity contribution in [2.75, 3.05) is 80.0 Å². The number of hydrogen-bond donors (Lipinski definition) is 1. The lowest BCUT2D eigenvalue weighted by molar-refractivity contribution is -0.532. The Morgan fingerprint density at radius 2 is 1.59 bits per heavy atom. The topological polar surface area (TPSA) is 52.0 Å². The number of ether oxygens (including phenoxy) is 4. The van der Waals surface area contributed by atoms with Gasteiger partial charge in [0.25, 0.3) is 0 Å². The number of nitrogens with one attached hydrogen (secondary N) is 1. The van der Waals surface area contributed by atoms with E-state index in [1.165, 1.54) is 28.0 Å². The van der Waals surface area contributed by atoms with E-state index in [4.69, 9.17) is 18.9 Å². The minimum Gasteiger partial charge on any atom is -0.383 e. The summed E-state index contributed by atoms with van der Waals surface area (Å²) in [5, 5.41) is 3.41. The Kier molecular flexibility index (Phi) is 13.6. The second-order valence-corrected chi connectivity index (χ2v) is 9.31. The molecule has 0 saturated carbocycles. The fourth-order valence-corrected chi connectivity index (χ4v) is 4.75.